The predicted molar refractivity (Wildman–Crippen MR) is 61.1 cm³/mol. The van der Waals surface area contributed by atoms with Crippen LogP contribution in [0.4, 0.5) is 17.6 Å². The van der Waals surface area contributed by atoms with Gasteiger partial charge in [-0.1, -0.05) is 11.8 Å². The van der Waals surface area contributed by atoms with E-state index < -0.39 is 25.0 Å². The molecule has 0 bridgehead atoms. The lowest BCUT2D eigenvalue weighted by Crippen LogP contribution is -2.13. The van der Waals surface area contributed by atoms with E-state index in [-0.39, 0.29) is 24.3 Å². The molecule has 104 valence electrons. The maximum atomic E-state index is 13.5. The van der Waals surface area contributed by atoms with Crippen molar-refractivity contribution in [2.24, 2.45) is 0 Å². The molecular weight excluding hydrogens is 264 g/mol. The summed E-state index contributed by atoms with van der Waals surface area (Å²) in [5, 5.41) is 8.51. The summed E-state index contributed by atoms with van der Waals surface area (Å²) in [6.45, 7) is -0.675. The lowest BCUT2D eigenvalue weighted by atomic mass is 10.2. The van der Waals surface area contributed by atoms with Crippen molar-refractivity contribution in [1.29, 1.82) is 0 Å². The van der Waals surface area contributed by atoms with Gasteiger partial charge in [0.2, 0.25) is 0 Å². The van der Waals surface area contributed by atoms with Crippen molar-refractivity contribution in [3.63, 3.8) is 0 Å². The zero-order valence-corrected chi connectivity index (χ0v) is 9.93. The molecule has 0 aliphatic carbocycles. The number of rotatable bonds is 4. The highest BCUT2D eigenvalue weighted by molar-refractivity contribution is 5.39. The second-order valence-corrected chi connectivity index (χ2v) is 3.63. The summed E-state index contributed by atoms with van der Waals surface area (Å²) in [6.07, 6.45) is -5.16. The van der Waals surface area contributed by atoms with Crippen LogP contribution in [0.2, 0.25) is 0 Å². The zero-order valence-electron chi connectivity index (χ0n) is 9.93. The van der Waals surface area contributed by atoms with Gasteiger partial charge in [-0.3, -0.25) is 0 Å². The molecule has 2 nitrogen and oxygen atoms in total. The van der Waals surface area contributed by atoms with Crippen molar-refractivity contribution >= 4 is 0 Å². The molecule has 1 rings (SSSR count). The van der Waals surface area contributed by atoms with Gasteiger partial charge in [-0.05, 0) is 12.1 Å². The molecule has 1 aromatic rings. The smallest absolute Gasteiger partial charge is 0.392 e. The summed E-state index contributed by atoms with van der Waals surface area (Å²) in [5.41, 5.74) is 0.108. The third kappa shape index (κ3) is 6.11. The molecule has 0 aliphatic rings. The molecule has 0 heterocycles. The average Bonchev–Trinajstić information content (AvgIpc) is 2.30. The van der Waals surface area contributed by atoms with Crippen LogP contribution >= 0.6 is 0 Å². The van der Waals surface area contributed by atoms with Gasteiger partial charge in [-0.25, -0.2) is 4.39 Å². The highest BCUT2D eigenvalue weighted by Crippen LogP contribution is 2.21. The number of aliphatic hydroxyl groups excluding tert-OH is 1. The SMILES string of the molecule is OCCC#Cc1ccc(OCCC(F)(F)F)cc1F. The molecule has 0 spiro atoms. The van der Waals surface area contributed by atoms with Gasteiger partial charge in [-0.15, -0.1) is 0 Å². The fourth-order valence-electron chi connectivity index (χ4n) is 1.19. The Balaban J connectivity index is 2.60. The van der Waals surface area contributed by atoms with Gasteiger partial charge >= 0.3 is 6.18 Å². The first-order chi connectivity index (χ1) is 8.92. The molecule has 0 aliphatic heterocycles. The van der Waals surface area contributed by atoms with E-state index in [4.69, 9.17) is 9.84 Å². The molecule has 0 amide bonds. The van der Waals surface area contributed by atoms with Gasteiger partial charge in [0, 0.05) is 12.5 Å². The van der Waals surface area contributed by atoms with Crippen molar-refractivity contribution in [3.05, 3.63) is 29.6 Å². The Morgan fingerprint density at radius 1 is 1.26 bits per heavy atom. The summed E-state index contributed by atoms with van der Waals surface area (Å²) in [7, 11) is 0. The number of ether oxygens (including phenoxy) is 1. The minimum absolute atomic E-state index is 0.0226. The van der Waals surface area contributed by atoms with Crippen molar-refractivity contribution in [1.82, 2.24) is 0 Å². The minimum Gasteiger partial charge on any atom is -0.493 e. The maximum absolute atomic E-state index is 13.5. The largest absolute Gasteiger partial charge is 0.493 e. The average molecular weight is 276 g/mol. The van der Waals surface area contributed by atoms with Crippen LogP contribution < -0.4 is 4.74 Å². The normalized spacial score (nSPS) is 10.8. The van der Waals surface area contributed by atoms with Gasteiger partial charge in [0.25, 0.3) is 0 Å². The van der Waals surface area contributed by atoms with E-state index in [9.17, 15) is 17.6 Å². The summed E-state index contributed by atoms with van der Waals surface area (Å²) < 4.78 is 53.9. The van der Waals surface area contributed by atoms with E-state index in [0.29, 0.717) is 0 Å². The number of benzene rings is 1. The third-order valence-electron chi connectivity index (χ3n) is 2.05. The van der Waals surface area contributed by atoms with E-state index in [1.165, 1.54) is 12.1 Å². The second kappa shape index (κ2) is 7.00. The lowest BCUT2D eigenvalue weighted by Gasteiger charge is -2.08. The molecule has 0 fully saturated rings. The standard InChI is InChI=1S/C13H12F4O2/c14-12-9-11(19-8-6-13(15,16)17)5-4-10(12)3-1-2-7-18/h4-5,9,18H,2,6-8H2. The molecule has 1 N–H and O–H groups in total. The third-order valence-corrected chi connectivity index (χ3v) is 2.05. The van der Waals surface area contributed by atoms with Crippen LogP contribution in [0, 0.1) is 17.7 Å². The quantitative estimate of drug-likeness (QED) is 0.677. The van der Waals surface area contributed by atoms with Gasteiger partial charge < -0.3 is 9.84 Å². The van der Waals surface area contributed by atoms with E-state index >= 15 is 0 Å². The van der Waals surface area contributed by atoms with Crippen molar-refractivity contribution in [2.45, 2.75) is 19.0 Å². The van der Waals surface area contributed by atoms with Crippen LogP contribution in [0.3, 0.4) is 0 Å². The topological polar surface area (TPSA) is 29.5 Å². The molecule has 0 saturated heterocycles. The van der Waals surface area contributed by atoms with E-state index in [0.717, 1.165) is 6.07 Å². The Bertz CT molecular complexity index is 472. The number of hydrogen-bond donors (Lipinski definition) is 1. The molecule has 0 aromatic heterocycles. The number of halogens is 4. The van der Waals surface area contributed by atoms with Gasteiger partial charge in [-0.2, -0.15) is 13.2 Å². The number of aliphatic hydroxyl groups is 1. The minimum atomic E-state index is -4.30. The van der Waals surface area contributed by atoms with Crippen LogP contribution in [0.15, 0.2) is 18.2 Å². The maximum Gasteiger partial charge on any atom is 0.392 e. The van der Waals surface area contributed by atoms with Gasteiger partial charge in [0.15, 0.2) is 0 Å². The fourth-order valence-corrected chi connectivity index (χ4v) is 1.19. The first-order valence-electron chi connectivity index (χ1n) is 5.51. The zero-order chi connectivity index (χ0) is 14.3. The van der Waals surface area contributed by atoms with Gasteiger partial charge in [0.05, 0.1) is 25.2 Å². The lowest BCUT2D eigenvalue weighted by molar-refractivity contribution is -0.139. The van der Waals surface area contributed by atoms with Crippen LogP contribution in [-0.2, 0) is 0 Å². The van der Waals surface area contributed by atoms with Crippen molar-refractivity contribution in [2.75, 3.05) is 13.2 Å². The highest BCUT2D eigenvalue weighted by atomic mass is 19.4. The first kappa shape index (κ1) is 15.3. The van der Waals surface area contributed by atoms with Crippen LogP contribution in [0.25, 0.3) is 0 Å². The van der Waals surface area contributed by atoms with E-state index in [1.807, 2.05) is 0 Å². The molecule has 19 heavy (non-hydrogen) atoms. The number of hydrogen-bond acceptors (Lipinski definition) is 2. The van der Waals surface area contributed by atoms with E-state index in [2.05, 4.69) is 11.8 Å². The second-order valence-electron chi connectivity index (χ2n) is 3.63. The highest BCUT2D eigenvalue weighted by Gasteiger charge is 2.26. The van der Waals surface area contributed by atoms with Crippen LogP contribution in [0.5, 0.6) is 5.75 Å². The molecule has 0 atom stereocenters. The van der Waals surface area contributed by atoms with E-state index in [1.54, 1.807) is 0 Å². The van der Waals surface area contributed by atoms with Crippen molar-refractivity contribution < 1.29 is 27.4 Å². The summed E-state index contributed by atoms with van der Waals surface area (Å²) >= 11 is 0. The Morgan fingerprint density at radius 2 is 2.00 bits per heavy atom. The molecule has 6 heteroatoms. The summed E-state index contributed by atoms with van der Waals surface area (Å²) in [6, 6.07) is 3.66. The molecule has 1 aromatic carbocycles. The van der Waals surface area contributed by atoms with Crippen LogP contribution in [0.1, 0.15) is 18.4 Å². The van der Waals surface area contributed by atoms with Crippen LogP contribution in [-0.4, -0.2) is 24.5 Å². The fraction of sp³-hybridized carbons (Fsp3) is 0.385. The first-order valence-corrected chi connectivity index (χ1v) is 5.51. The summed E-state index contributed by atoms with van der Waals surface area (Å²) in [4.78, 5) is 0. The van der Waals surface area contributed by atoms with Gasteiger partial charge in [0.1, 0.15) is 11.6 Å². The Hall–Kier alpha value is -1.74. The predicted octanol–water partition coefficient (Wildman–Crippen LogP) is 2.89. The molecular formula is C13H12F4O2. The Kier molecular flexibility index (Phi) is 5.64. The molecule has 0 radical (unpaired) electrons. The number of alkyl halides is 3. The van der Waals surface area contributed by atoms with Crippen molar-refractivity contribution in [3.8, 4) is 17.6 Å². The monoisotopic (exact) mass is 276 g/mol. The Morgan fingerprint density at radius 3 is 2.58 bits per heavy atom. The molecule has 0 unspecified atom stereocenters. The Labute approximate surface area is 108 Å². The summed E-state index contributed by atoms with van der Waals surface area (Å²) in [5.74, 6) is 4.40. The molecule has 0 saturated carbocycles.